The second-order valence-electron chi connectivity index (χ2n) is 4.61. The lowest BCUT2D eigenvalue weighted by Gasteiger charge is -2.18. The Morgan fingerprint density at radius 3 is 2.42 bits per heavy atom. The molecule has 0 radical (unpaired) electrons. The number of rotatable bonds is 4. The van der Waals surface area contributed by atoms with Gasteiger partial charge in [0.15, 0.2) is 0 Å². The van der Waals surface area contributed by atoms with Gasteiger partial charge in [0.1, 0.15) is 11.6 Å². The van der Waals surface area contributed by atoms with Gasteiger partial charge in [-0.2, -0.15) is 0 Å². The van der Waals surface area contributed by atoms with Crippen LogP contribution in [0.4, 0.5) is 14.5 Å². The molecule has 2 aromatic rings. The van der Waals surface area contributed by atoms with Crippen molar-refractivity contribution in [3.63, 3.8) is 0 Å². The van der Waals surface area contributed by atoms with E-state index in [-0.39, 0.29) is 11.6 Å². The molecule has 19 heavy (non-hydrogen) atoms. The molecule has 4 heteroatoms. The van der Waals surface area contributed by atoms with Gasteiger partial charge in [0, 0.05) is 24.3 Å². The van der Waals surface area contributed by atoms with Crippen LogP contribution >= 0.6 is 0 Å². The van der Waals surface area contributed by atoms with Crippen LogP contribution < -0.4 is 5.73 Å². The average molecular weight is 262 g/mol. The summed E-state index contributed by atoms with van der Waals surface area (Å²) in [6, 6.07) is 10.9. The summed E-state index contributed by atoms with van der Waals surface area (Å²) >= 11 is 0. The molecule has 0 bridgehead atoms. The molecule has 0 spiro atoms. The van der Waals surface area contributed by atoms with E-state index >= 15 is 0 Å². The van der Waals surface area contributed by atoms with Crippen LogP contribution in [0.1, 0.15) is 11.1 Å². The lowest BCUT2D eigenvalue weighted by molar-refractivity contribution is 0.313. The first-order valence-electron chi connectivity index (χ1n) is 6.02. The van der Waals surface area contributed by atoms with Crippen molar-refractivity contribution >= 4 is 5.69 Å². The summed E-state index contributed by atoms with van der Waals surface area (Å²) in [6.07, 6.45) is 0. The highest BCUT2D eigenvalue weighted by atomic mass is 19.1. The van der Waals surface area contributed by atoms with Crippen molar-refractivity contribution in [2.45, 2.75) is 13.1 Å². The number of anilines is 1. The molecule has 100 valence electrons. The third kappa shape index (κ3) is 3.51. The molecule has 0 aliphatic rings. The Hall–Kier alpha value is -1.94. The first kappa shape index (κ1) is 13.5. The van der Waals surface area contributed by atoms with Crippen molar-refractivity contribution in [3.05, 3.63) is 65.2 Å². The van der Waals surface area contributed by atoms with E-state index in [1.165, 1.54) is 18.2 Å². The van der Waals surface area contributed by atoms with Gasteiger partial charge in [0.25, 0.3) is 0 Å². The summed E-state index contributed by atoms with van der Waals surface area (Å²) < 4.78 is 26.7. The zero-order valence-corrected chi connectivity index (χ0v) is 10.7. The minimum absolute atomic E-state index is 0.235. The van der Waals surface area contributed by atoms with Crippen molar-refractivity contribution in [2.24, 2.45) is 0 Å². The van der Waals surface area contributed by atoms with Crippen molar-refractivity contribution in [1.82, 2.24) is 4.90 Å². The summed E-state index contributed by atoms with van der Waals surface area (Å²) in [4.78, 5) is 1.89. The zero-order valence-electron chi connectivity index (χ0n) is 10.7. The Morgan fingerprint density at radius 1 is 1.00 bits per heavy atom. The highest BCUT2D eigenvalue weighted by molar-refractivity contribution is 5.46. The van der Waals surface area contributed by atoms with Crippen molar-refractivity contribution in [1.29, 1.82) is 0 Å². The number of nitrogens with zero attached hydrogens (tertiary/aromatic N) is 1. The molecule has 0 atom stereocenters. The maximum atomic E-state index is 13.5. The molecule has 0 amide bonds. The van der Waals surface area contributed by atoms with Crippen LogP contribution in [0.25, 0.3) is 0 Å². The summed E-state index contributed by atoms with van der Waals surface area (Å²) in [7, 11) is 1.84. The minimum atomic E-state index is -0.316. The summed E-state index contributed by atoms with van der Waals surface area (Å²) in [5.74, 6) is -0.551. The van der Waals surface area contributed by atoms with Gasteiger partial charge >= 0.3 is 0 Å². The van der Waals surface area contributed by atoms with E-state index in [0.29, 0.717) is 29.9 Å². The molecule has 0 aromatic heterocycles. The number of hydrogen-bond donors (Lipinski definition) is 1. The fourth-order valence-corrected chi connectivity index (χ4v) is 1.98. The first-order valence-corrected chi connectivity index (χ1v) is 6.02. The standard InChI is InChI=1S/C15H16F2N2/c1-19(9-11-4-2-3-5-14(11)17)10-12-8-13(16)6-7-15(12)18/h2-8H,9-10,18H2,1H3. The molecule has 0 fully saturated rings. The number of halogens is 2. The van der Waals surface area contributed by atoms with E-state index in [4.69, 9.17) is 5.73 Å². The lowest BCUT2D eigenvalue weighted by atomic mass is 10.1. The molecule has 2 aromatic carbocycles. The van der Waals surface area contributed by atoms with Crippen LogP contribution in [0.3, 0.4) is 0 Å². The van der Waals surface area contributed by atoms with Crippen LogP contribution in [-0.4, -0.2) is 11.9 Å². The van der Waals surface area contributed by atoms with E-state index in [2.05, 4.69) is 0 Å². The predicted octanol–water partition coefficient (Wildman–Crippen LogP) is 3.18. The summed E-state index contributed by atoms with van der Waals surface area (Å²) in [6.45, 7) is 0.917. The van der Waals surface area contributed by atoms with Crippen LogP contribution in [0, 0.1) is 11.6 Å². The van der Waals surface area contributed by atoms with Gasteiger partial charge in [-0.15, -0.1) is 0 Å². The van der Waals surface area contributed by atoms with Gasteiger partial charge in [-0.3, -0.25) is 4.90 Å². The second kappa shape index (κ2) is 5.80. The maximum absolute atomic E-state index is 13.5. The molecule has 0 saturated heterocycles. The number of nitrogen functional groups attached to an aromatic ring is 1. The highest BCUT2D eigenvalue weighted by Crippen LogP contribution is 2.17. The predicted molar refractivity (Wildman–Crippen MR) is 72.4 cm³/mol. The van der Waals surface area contributed by atoms with Crippen molar-refractivity contribution in [2.75, 3.05) is 12.8 Å². The molecule has 0 aliphatic carbocycles. The first-order chi connectivity index (χ1) is 9.06. The third-order valence-corrected chi connectivity index (χ3v) is 2.94. The Kier molecular flexibility index (Phi) is 4.12. The second-order valence-corrected chi connectivity index (χ2v) is 4.61. The Balaban J connectivity index is 2.07. The largest absolute Gasteiger partial charge is 0.398 e. The Bertz CT molecular complexity index is 570. The van der Waals surface area contributed by atoms with E-state index in [1.54, 1.807) is 24.3 Å². The smallest absolute Gasteiger partial charge is 0.127 e. The molecule has 2 N–H and O–H groups in total. The molecular formula is C15H16F2N2. The Morgan fingerprint density at radius 2 is 1.68 bits per heavy atom. The minimum Gasteiger partial charge on any atom is -0.398 e. The van der Waals surface area contributed by atoms with E-state index < -0.39 is 0 Å². The highest BCUT2D eigenvalue weighted by Gasteiger charge is 2.08. The molecule has 0 heterocycles. The van der Waals surface area contributed by atoms with E-state index in [1.807, 2.05) is 11.9 Å². The van der Waals surface area contributed by atoms with E-state index in [9.17, 15) is 8.78 Å². The van der Waals surface area contributed by atoms with Gasteiger partial charge in [-0.05, 0) is 36.9 Å². The molecule has 2 nitrogen and oxygen atoms in total. The third-order valence-electron chi connectivity index (χ3n) is 2.94. The monoisotopic (exact) mass is 262 g/mol. The van der Waals surface area contributed by atoms with Crippen LogP contribution in [0.5, 0.6) is 0 Å². The van der Waals surface area contributed by atoms with Crippen molar-refractivity contribution < 1.29 is 8.78 Å². The number of nitrogens with two attached hydrogens (primary N) is 1. The lowest BCUT2D eigenvalue weighted by Crippen LogP contribution is -2.19. The van der Waals surface area contributed by atoms with E-state index in [0.717, 1.165) is 0 Å². The van der Waals surface area contributed by atoms with Gasteiger partial charge in [0.05, 0.1) is 0 Å². The maximum Gasteiger partial charge on any atom is 0.127 e. The number of hydrogen-bond acceptors (Lipinski definition) is 2. The van der Waals surface area contributed by atoms with Crippen molar-refractivity contribution in [3.8, 4) is 0 Å². The Labute approximate surface area is 111 Å². The fraction of sp³-hybridized carbons (Fsp3) is 0.200. The van der Waals surface area contributed by atoms with Crippen LogP contribution in [0.15, 0.2) is 42.5 Å². The van der Waals surface area contributed by atoms with Gasteiger partial charge < -0.3 is 5.73 Å². The van der Waals surface area contributed by atoms with Gasteiger partial charge in [-0.25, -0.2) is 8.78 Å². The molecule has 0 unspecified atom stereocenters. The van der Waals surface area contributed by atoms with Crippen LogP contribution in [-0.2, 0) is 13.1 Å². The topological polar surface area (TPSA) is 29.3 Å². The molecule has 2 rings (SSSR count). The number of benzene rings is 2. The molecular weight excluding hydrogens is 246 g/mol. The summed E-state index contributed by atoms with van der Waals surface area (Å²) in [5, 5.41) is 0. The SMILES string of the molecule is CN(Cc1cc(F)ccc1N)Cc1ccccc1F. The van der Waals surface area contributed by atoms with Crippen LogP contribution in [0.2, 0.25) is 0 Å². The van der Waals surface area contributed by atoms with Gasteiger partial charge in [-0.1, -0.05) is 18.2 Å². The fourth-order valence-electron chi connectivity index (χ4n) is 1.98. The molecule has 0 aliphatic heterocycles. The summed E-state index contributed by atoms with van der Waals surface area (Å²) in [5.41, 5.74) is 7.66. The van der Waals surface area contributed by atoms with Gasteiger partial charge in [0.2, 0.25) is 0 Å². The normalized spacial score (nSPS) is 10.9. The molecule has 0 saturated carbocycles. The average Bonchev–Trinajstić information content (AvgIpc) is 2.37. The zero-order chi connectivity index (χ0) is 13.8. The quantitative estimate of drug-likeness (QED) is 0.857.